The van der Waals surface area contributed by atoms with E-state index >= 15 is 0 Å². The van der Waals surface area contributed by atoms with Gasteiger partial charge in [0, 0.05) is 13.2 Å². The Morgan fingerprint density at radius 1 is 1.17 bits per heavy atom. The first-order valence-electron chi connectivity index (χ1n) is 4.78. The third-order valence-corrected chi connectivity index (χ3v) is 1.71. The standard InChI is InChI=1S/C10H23NO/c1-10(2,3)6-9-12-8-5-7-11-4/h11H,5-9H2,1-4H3. The summed E-state index contributed by atoms with van der Waals surface area (Å²) in [4.78, 5) is 0. The highest BCUT2D eigenvalue weighted by Crippen LogP contribution is 2.17. The first-order valence-corrected chi connectivity index (χ1v) is 4.78. The fourth-order valence-electron chi connectivity index (χ4n) is 0.831. The number of hydrogen-bond donors (Lipinski definition) is 1. The molecule has 0 rings (SSSR count). The van der Waals surface area contributed by atoms with Gasteiger partial charge in [-0.1, -0.05) is 20.8 Å². The van der Waals surface area contributed by atoms with Gasteiger partial charge in [-0.05, 0) is 31.8 Å². The van der Waals surface area contributed by atoms with Crippen LogP contribution in [0.1, 0.15) is 33.6 Å². The molecule has 0 bridgehead atoms. The van der Waals surface area contributed by atoms with Crippen LogP contribution in [0, 0.1) is 5.41 Å². The first-order chi connectivity index (χ1) is 5.56. The van der Waals surface area contributed by atoms with E-state index in [0.29, 0.717) is 5.41 Å². The molecule has 12 heavy (non-hydrogen) atoms. The molecular formula is C10H23NO. The summed E-state index contributed by atoms with van der Waals surface area (Å²) >= 11 is 0. The van der Waals surface area contributed by atoms with Gasteiger partial charge < -0.3 is 10.1 Å². The van der Waals surface area contributed by atoms with Crippen LogP contribution in [0.3, 0.4) is 0 Å². The van der Waals surface area contributed by atoms with Crippen LogP contribution >= 0.6 is 0 Å². The monoisotopic (exact) mass is 173 g/mol. The smallest absolute Gasteiger partial charge is 0.0478 e. The molecule has 0 unspecified atom stereocenters. The highest BCUT2D eigenvalue weighted by Gasteiger charge is 2.08. The van der Waals surface area contributed by atoms with Gasteiger partial charge in [-0.2, -0.15) is 0 Å². The molecule has 2 nitrogen and oxygen atoms in total. The van der Waals surface area contributed by atoms with E-state index in [-0.39, 0.29) is 0 Å². The summed E-state index contributed by atoms with van der Waals surface area (Å²) in [6.45, 7) is 9.55. The molecule has 2 heteroatoms. The molecule has 0 aliphatic carbocycles. The molecule has 0 aromatic heterocycles. The zero-order chi connectivity index (χ0) is 9.45. The van der Waals surface area contributed by atoms with Crippen LogP contribution in [0.4, 0.5) is 0 Å². The molecule has 0 aromatic carbocycles. The van der Waals surface area contributed by atoms with Gasteiger partial charge in [0.25, 0.3) is 0 Å². The highest BCUT2D eigenvalue weighted by molar-refractivity contribution is 4.59. The highest BCUT2D eigenvalue weighted by atomic mass is 16.5. The van der Waals surface area contributed by atoms with Crippen molar-refractivity contribution in [3.05, 3.63) is 0 Å². The van der Waals surface area contributed by atoms with Crippen molar-refractivity contribution >= 4 is 0 Å². The summed E-state index contributed by atoms with van der Waals surface area (Å²) in [7, 11) is 1.97. The Balaban J connectivity index is 3.01. The predicted molar refractivity (Wildman–Crippen MR) is 53.4 cm³/mol. The fourth-order valence-corrected chi connectivity index (χ4v) is 0.831. The Labute approximate surface area is 76.7 Å². The maximum absolute atomic E-state index is 5.47. The summed E-state index contributed by atoms with van der Waals surface area (Å²) in [5, 5.41) is 3.09. The molecule has 0 aliphatic rings. The molecule has 0 heterocycles. The van der Waals surface area contributed by atoms with Gasteiger partial charge in [0.05, 0.1) is 0 Å². The SMILES string of the molecule is CNCCCOCCC(C)(C)C. The van der Waals surface area contributed by atoms with E-state index in [1.807, 2.05) is 7.05 Å². The lowest BCUT2D eigenvalue weighted by molar-refractivity contribution is 0.107. The maximum atomic E-state index is 5.47. The van der Waals surface area contributed by atoms with Crippen LogP contribution in [-0.2, 0) is 4.74 Å². The lowest BCUT2D eigenvalue weighted by atomic mass is 9.93. The molecule has 0 saturated carbocycles. The summed E-state index contributed by atoms with van der Waals surface area (Å²) in [6, 6.07) is 0. The number of ether oxygens (including phenoxy) is 1. The molecular weight excluding hydrogens is 150 g/mol. The second-order valence-electron chi connectivity index (χ2n) is 4.38. The van der Waals surface area contributed by atoms with Crippen LogP contribution in [0.15, 0.2) is 0 Å². The van der Waals surface area contributed by atoms with Crippen molar-refractivity contribution in [3.63, 3.8) is 0 Å². The Kier molecular flexibility index (Phi) is 6.39. The lowest BCUT2D eigenvalue weighted by Crippen LogP contribution is -2.13. The van der Waals surface area contributed by atoms with E-state index in [2.05, 4.69) is 26.1 Å². The van der Waals surface area contributed by atoms with Gasteiger partial charge in [-0.15, -0.1) is 0 Å². The summed E-state index contributed by atoms with van der Waals surface area (Å²) < 4.78 is 5.47. The van der Waals surface area contributed by atoms with Crippen LogP contribution in [0.5, 0.6) is 0 Å². The Morgan fingerprint density at radius 2 is 1.83 bits per heavy atom. The van der Waals surface area contributed by atoms with Crippen LogP contribution in [0.25, 0.3) is 0 Å². The quantitative estimate of drug-likeness (QED) is 0.621. The van der Waals surface area contributed by atoms with E-state index in [1.54, 1.807) is 0 Å². The van der Waals surface area contributed by atoms with Crippen molar-refractivity contribution in [2.45, 2.75) is 33.6 Å². The van der Waals surface area contributed by atoms with Gasteiger partial charge in [0.15, 0.2) is 0 Å². The third-order valence-electron chi connectivity index (χ3n) is 1.71. The van der Waals surface area contributed by atoms with Gasteiger partial charge in [0.1, 0.15) is 0 Å². The molecule has 0 radical (unpaired) electrons. The Bertz CT molecular complexity index is 96.5. The number of nitrogens with one attached hydrogen (secondary N) is 1. The average molecular weight is 173 g/mol. The second kappa shape index (κ2) is 6.44. The normalized spacial score (nSPS) is 12.0. The number of hydrogen-bond acceptors (Lipinski definition) is 2. The number of rotatable bonds is 6. The first kappa shape index (κ1) is 11.9. The molecule has 0 amide bonds. The summed E-state index contributed by atoms with van der Waals surface area (Å²) in [5.41, 5.74) is 0.406. The molecule has 0 aliphatic heterocycles. The van der Waals surface area contributed by atoms with E-state index in [0.717, 1.165) is 32.6 Å². The summed E-state index contributed by atoms with van der Waals surface area (Å²) in [5.74, 6) is 0. The molecule has 0 spiro atoms. The summed E-state index contributed by atoms with van der Waals surface area (Å²) in [6.07, 6.45) is 2.26. The van der Waals surface area contributed by atoms with Gasteiger partial charge in [0.2, 0.25) is 0 Å². The van der Waals surface area contributed by atoms with Crippen molar-refractivity contribution in [3.8, 4) is 0 Å². The van der Waals surface area contributed by atoms with Crippen molar-refractivity contribution in [1.82, 2.24) is 5.32 Å². The minimum absolute atomic E-state index is 0.406. The van der Waals surface area contributed by atoms with Crippen LogP contribution in [0.2, 0.25) is 0 Å². The fraction of sp³-hybridized carbons (Fsp3) is 1.00. The molecule has 0 atom stereocenters. The molecule has 1 N–H and O–H groups in total. The third kappa shape index (κ3) is 9.92. The van der Waals surface area contributed by atoms with Crippen molar-refractivity contribution in [1.29, 1.82) is 0 Å². The topological polar surface area (TPSA) is 21.3 Å². The van der Waals surface area contributed by atoms with Crippen molar-refractivity contribution < 1.29 is 4.74 Å². The molecule has 0 fully saturated rings. The second-order valence-corrected chi connectivity index (χ2v) is 4.38. The Morgan fingerprint density at radius 3 is 2.33 bits per heavy atom. The van der Waals surface area contributed by atoms with E-state index in [9.17, 15) is 0 Å². The predicted octanol–water partition coefficient (Wildman–Crippen LogP) is 2.05. The molecule has 0 aromatic rings. The lowest BCUT2D eigenvalue weighted by Gasteiger charge is -2.17. The van der Waals surface area contributed by atoms with E-state index in [4.69, 9.17) is 4.74 Å². The van der Waals surface area contributed by atoms with Gasteiger partial charge in [-0.3, -0.25) is 0 Å². The van der Waals surface area contributed by atoms with E-state index < -0.39 is 0 Å². The minimum Gasteiger partial charge on any atom is -0.381 e. The minimum atomic E-state index is 0.406. The zero-order valence-corrected chi connectivity index (χ0v) is 8.94. The van der Waals surface area contributed by atoms with E-state index in [1.165, 1.54) is 0 Å². The average Bonchev–Trinajstić information content (AvgIpc) is 1.94. The molecule has 74 valence electrons. The molecule has 0 saturated heterocycles. The Hall–Kier alpha value is -0.0800. The maximum Gasteiger partial charge on any atom is 0.0478 e. The van der Waals surface area contributed by atoms with Gasteiger partial charge in [-0.25, -0.2) is 0 Å². The zero-order valence-electron chi connectivity index (χ0n) is 8.94. The van der Waals surface area contributed by atoms with Crippen LogP contribution < -0.4 is 5.32 Å². The van der Waals surface area contributed by atoms with Crippen molar-refractivity contribution in [2.75, 3.05) is 26.8 Å². The van der Waals surface area contributed by atoms with Gasteiger partial charge >= 0.3 is 0 Å². The largest absolute Gasteiger partial charge is 0.381 e. The van der Waals surface area contributed by atoms with Crippen molar-refractivity contribution in [2.24, 2.45) is 5.41 Å². The van der Waals surface area contributed by atoms with Crippen LogP contribution in [-0.4, -0.2) is 26.8 Å².